The summed E-state index contributed by atoms with van der Waals surface area (Å²) >= 11 is 0. The molecule has 150 valence electrons. The number of benzene rings is 1. The number of ketones is 1. The lowest BCUT2D eigenvalue weighted by molar-refractivity contribution is -0.123. The molecule has 7 heteroatoms. The van der Waals surface area contributed by atoms with E-state index in [1.165, 1.54) is 0 Å². The predicted molar refractivity (Wildman–Crippen MR) is 105 cm³/mol. The third kappa shape index (κ3) is 6.06. The van der Waals surface area contributed by atoms with Crippen LogP contribution in [-0.4, -0.2) is 44.8 Å². The van der Waals surface area contributed by atoms with Crippen LogP contribution in [0.2, 0.25) is 0 Å². The van der Waals surface area contributed by atoms with Gasteiger partial charge in [-0.2, -0.15) is 0 Å². The van der Waals surface area contributed by atoms with Crippen molar-refractivity contribution in [2.24, 2.45) is 11.8 Å². The van der Waals surface area contributed by atoms with E-state index in [0.29, 0.717) is 24.2 Å². The molecule has 1 aliphatic rings. The molecule has 0 saturated heterocycles. The number of amides is 1. The van der Waals surface area contributed by atoms with Crippen molar-refractivity contribution in [1.29, 1.82) is 0 Å². The van der Waals surface area contributed by atoms with Crippen LogP contribution in [0.15, 0.2) is 24.3 Å². The Hall–Kier alpha value is -1.89. The van der Waals surface area contributed by atoms with Crippen LogP contribution in [0.5, 0.6) is 5.75 Å². The first kappa shape index (κ1) is 21.4. The number of hydrogen-bond donors (Lipinski definition) is 1. The van der Waals surface area contributed by atoms with Crippen LogP contribution < -0.4 is 10.1 Å². The van der Waals surface area contributed by atoms with Gasteiger partial charge in [-0.1, -0.05) is 0 Å². The smallest absolute Gasteiger partial charge is 0.251 e. The third-order valence-corrected chi connectivity index (χ3v) is 7.64. The van der Waals surface area contributed by atoms with E-state index < -0.39 is 9.84 Å². The highest BCUT2D eigenvalue weighted by atomic mass is 32.2. The molecule has 0 unspecified atom stereocenters. The third-order valence-electron chi connectivity index (χ3n) is 5.26. The van der Waals surface area contributed by atoms with Gasteiger partial charge >= 0.3 is 0 Å². The second kappa shape index (κ2) is 9.35. The lowest BCUT2D eigenvalue weighted by atomic mass is 9.81. The number of hydrogen-bond acceptors (Lipinski definition) is 5. The minimum absolute atomic E-state index is 0.00445. The molecule has 0 aliphatic heterocycles. The molecule has 1 saturated carbocycles. The highest BCUT2D eigenvalue weighted by Gasteiger charge is 2.30. The number of carbonyl (C=O) groups is 2. The van der Waals surface area contributed by atoms with Crippen molar-refractivity contribution >= 4 is 21.5 Å². The Kier molecular flexibility index (Phi) is 7.41. The number of sulfone groups is 1. The molecule has 1 N–H and O–H groups in total. The molecule has 1 aromatic carbocycles. The summed E-state index contributed by atoms with van der Waals surface area (Å²) < 4.78 is 29.1. The second-order valence-electron chi connectivity index (χ2n) is 7.47. The van der Waals surface area contributed by atoms with E-state index in [4.69, 9.17) is 4.74 Å². The molecule has 0 aromatic heterocycles. The quantitative estimate of drug-likeness (QED) is 0.731. The number of Topliss-reactive ketones (excluding diaryl/α,β-unsaturated/α-hetero) is 1. The summed E-state index contributed by atoms with van der Waals surface area (Å²) in [4.78, 5) is 24.5. The van der Waals surface area contributed by atoms with E-state index in [1.54, 1.807) is 45.2 Å². The topological polar surface area (TPSA) is 89.5 Å². The second-order valence-corrected chi connectivity index (χ2v) is 10.1. The van der Waals surface area contributed by atoms with Crippen LogP contribution in [-0.2, 0) is 14.6 Å². The van der Waals surface area contributed by atoms with Gasteiger partial charge < -0.3 is 10.1 Å². The van der Waals surface area contributed by atoms with Crippen LogP contribution in [0.4, 0.5) is 0 Å². The Balaban J connectivity index is 1.78. The molecule has 2 rings (SSSR count). The first-order chi connectivity index (χ1) is 12.7. The molecule has 1 aromatic rings. The minimum atomic E-state index is -3.04. The van der Waals surface area contributed by atoms with Gasteiger partial charge in [0.25, 0.3) is 5.91 Å². The first-order valence-electron chi connectivity index (χ1n) is 9.39. The zero-order valence-electron chi connectivity index (χ0n) is 16.2. The Bertz CT molecular complexity index is 747. The summed E-state index contributed by atoms with van der Waals surface area (Å²) in [7, 11) is -1.49. The fraction of sp³-hybridized carbons (Fsp3) is 0.600. The highest BCUT2D eigenvalue weighted by molar-refractivity contribution is 7.91. The van der Waals surface area contributed by atoms with E-state index in [2.05, 4.69) is 5.32 Å². The van der Waals surface area contributed by atoms with Gasteiger partial charge in [-0.3, -0.25) is 9.59 Å². The Morgan fingerprint density at radius 3 is 2.22 bits per heavy atom. The summed E-state index contributed by atoms with van der Waals surface area (Å²) in [6.07, 6.45) is 2.87. The van der Waals surface area contributed by atoms with Gasteiger partial charge in [0.05, 0.1) is 24.7 Å². The van der Waals surface area contributed by atoms with Crippen LogP contribution in [0.3, 0.4) is 0 Å². The summed E-state index contributed by atoms with van der Waals surface area (Å²) in [5.41, 5.74) is 0.478. The van der Waals surface area contributed by atoms with Gasteiger partial charge in [-0.25, -0.2) is 8.42 Å². The molecular formula is C20H29NO5S. The monoisotopic (exact) mass is 395 g/mol. The molecule has 0 bridgehead atoms. The molecular weight excluding hydrogens is 366 g/mol. The molecule has 0 radical (unpaired) electrons. The van der Waals surface area contributed by atoms with Crippen molar-refractivity contribution in [2.45, 2.75) is 44.8 Å². The molecule has 1 fully saturated rings. The largest absolute Gasteiger partial charge is 0.497 e. The van der Waals surface area contributed by atoms with E-state index >= 15 is 0 Å². The molecule has 6 nitrogen and oxygen atoms in total. The van der Waals surface area contributed by atoms with Crippen LogP contribution >= 0.6 is 0 Å². The van der Waals surface area contributed by atoms with Gasteiger partial charge in [-0.15, -0.1) is 0 Å². The van der Waals surface area contributed by atoms with E-state index in [9.17, 15) is 18.0 Å². The summed E-state index contributed by atoms with van der Waals surface area (Å²) in [5.74, 6) is 0.637. The summed E-state index contributed by atoms with van der Waals surface area (Å²) in [6.45, 7) is 3.41. The molecule has 1 aliphatic carbocycles. The van der Waals surface area contributed by atoms with E-state index in [-0.39, 0.29) is 41.1 Å². The Morgan fingerprint density at radius 2 is 1.70 bits per heavy atom. The van der Waals surface area contributed by atoms with Gasteiger partial charge in [0.2, 0.25) is 0 Å². The lowest BCUT2D eigenvalue weighted by Crippen LogP contribution is -2.35. The van der Waals surface area contributed by atoms with Crippen molar-refractivity contribution in [2.75, 3.05) is 19.4 Å². The lowest BCUT2D eigenvalue weighted by Gasteiger charge is -2.28. The highest BCUT2D eigenvalue weighted by Crippen LogP contribution is 2.30. The predicted octanol–water partition coefficient (Wildman–Crippen LogP) is 2.62. The Labute approximate surface area is 161 Å². The fourth-order valence-electron chi connectivity index (χ4n) is 3.33. The SMILES string of the molecule is COc1ccc(C(=O)NCC(=O)C2CCC(CS(=O)(=O)C(C)C)CC2)cc1. The van der Waals surface area contributed by atoms with Crippen LogP contribution in [0.25, 0.3) is 0 Å². The van der Waals surface area contributed by atoms with Crippen molar-refractivity contribution in [3.63, 3.8) is 0 Å². The van der Waals surface area contributed by atoms with E-state index in [1.807, 2.05) is 0 Å². The number of methoxy groups -OCH3 is 1. The van der Waals surface area contributed by atoms with Crippen molar-refractivity contribution in [1.82, 2.24) is 5.32 Å². The van der Waals surface area contributed by atoms with Crippen molar-refractivity contribution in [3.05, 3.63) is 29.8 Å². The molecule has 1 amide bonds. The first-order valence-corrected chi connectivity index (χ1v) is 11.1. The molecule has 0 heterocycles. The van der Waals surface area contributed by atoms with Crippen LogP contribution in [0, 0.1) is 11.8 Å². The average Bonchev–Trinajstić information content (AvgIpc) is 2.66. The molecule has 0 atom stereocenters. The maximum atomic E-state index is 12.4. The van der Waals surface area contributed by atoms with Gasteiger partial charge in [-0.05, 0) is 69.7 Å². The normalized spacial score (nSPS) is 20.3. The molecule has 0 spiro atoms. The molecule has 27 heavy (non-hydrogen) atoms. The Morgan fingerprint density at radius 1 is 1.11 bits per heavy atom. The summed E-state index contributed by atoms with van der Waals surface area (Å²) in [6, 6.07) is 6.70. The van der Waals surface area contributed by atoms with Gasteiger partial charge in [0, 0.05) is 11.5 Å². The zero-order valence-corrected chi connectivity index (χ0v) is 17.1. The van der Waals surface area contributed by atoms with Crippen molar-refractivity contribution in [3.8, 4) is 5.75 Å². The van der Waals surface area contributed by atoms with Gasteiger partial charge in [0.1, 0.15) is 5.75 Å². The minimum Gasteiger partial charge on any atom is -0.497 e. The van der Waals surface area contributed by atoms with Gasteiger partial charge in [0.15, 0.2) is 15.6 Å². The average molecular weight is 396 g/mol. The number of ether oxygens (including phenoxy) is 1. The summed E-state index contributed by atoms with van der Waals surface area (Å²) in [5, 5.41) is 2.32. The maximum Gasteiger partial charge on any atom is 0.251 e. The number of nitrogens with one attached hydrogen (secondary N) is 1. The fourth-order valence-corrected chi connectivity index (χ4v) is 4.70. The standard InChI is InChI=1S/C20H29NO5S/c1-14(2)27(24,25)13-15-4-6-16(7-5-15)19(22)12-21-20(23)17-8-10-18(26-3)11-9-17/h8-11,14-16H,4-7,12-13H2,1-3H3,(H,21,23). The van der Waals surface area contributed by atoms with Crippen molar-refractivity contribution < 1.29 is 22.7 Å². The number of rotatable bonds is 8. The zero-order chi connectivity index (χ0) is 20.0. The maximum absolute atomic E-state index is 12.4. The number of carbonyl (C=O) groups excluding carboxylic acids is 2. The van der Waals surface area contributed by atoms with Crippen LogP contribution in [0.1, 0.15) is 49.9 Å². The van der Waals surface area contributed by atoms with E-state index in [0.717, 1.165) is 12.8 Å².